The molecule has 3 N–H and O–H groups in total. The van der Waals surface area contributed by atoms with Crippen molar-refractivity contribution in [1.82, 2.24) is 0 Å². The lowest BCUT2D eigenvalue weighted by Crippen LogP contribution is -2.40. The summed E-state index contributed by atoms with van der Waals surface area (Å²) in [6.07, 6.45) is 2.99. The first-order valence-electron chi connectivity index (χ1n) is 6.49. The maximum absolute atomic E-state index is 12.3. The Labute approximate surface area is 116 Å². The molecule has 1 aromatic carbocycles. The predicted octanol–water partition coefficient (Wildman–Crippen LogP) is 3.13. The average molecular weight is 287 g/mol. The van der Waals surface area contributed by atoms with Crippen molar-refractivity contribution in [2.45, 2.75) is 47.9 Å². The zero-order chi connectivity index (χ0) is 13.9. The maximum atomic E-state index is 12.3. The minimum absolute atomic E-state index is 0.104. The molecule has 1 aromatic rings. The molecule has 106 valence electrons. The van der Waals surface area contributed by atoms with Gasteiger partial charge in [0.25, 0.3) is 5.76 Å². The third-order valence-corrected chi connectivity index (χ3v) is 4.72. The molecule has 0 radical (unpaired) electrons. The number of hydrogen-bond acceptors (Lipinski definition) is 3. The molecule has 0 atom stereocenters. The number of halogens is 2. The van der Waals surface area contributed by atoms with Crippen LogP contribution >= 0.6 is 11.8 Å². The van der Waals surface area contributed by atoms with Crippen molar-refractivity contribution >= 4 is 11.8 Å². The van der Waals surface area contributed by atoms with E-state index in [9.17, 15) is 13.9 Å². The molecule has 0 saturated heterocycles. The fourth-order valence-corrected chi connectivity index (χ4v) is 3.25. The van der Waals surface area contributed by atoms with Gasteiger partial charge in [0, 0.05) is 16.9 Å². The van der Waals surface area contributed by atoms with Gasteiger partial charge in [-0.3, -0.25) is 0 Å². The van der Waals surface area contributed by atoms with Crippen LogP contribution in [0.1, 0.15) is 31.2 Å². The molecule has 5 heteroatoms. The topological polar surface area (TPSA) is 46.2 Å². The van der Waals surface area contributed by atoms with Crippen LogP contribution in [-0.4, -0.2) is 23.5 Å². The molecule has 0 heterocycles. The smallest absolute Gasteiger partial charge is 0.288 e. The third kappa shape index (κ3) is 3.46. The summed E-state index contributed by atoms with van der Waals surface area (Å²) in [5.41, 5.74) is 6.92. The van der Waals surface area contributed by atoms with E-state index in [1.807, 2.05) is 12.1 Å². The van der Waals surface area contributed by atoms with Gasteiger partial charge in [-0.1, -0.05) is 23.9 Å². The number of aliphatic hydroxyl groups is 1. The van der Waals surface area contributed by atoms with Crippen molar-refractivity contribution in [3.8, 4) is 0 Å². The van der Waals surface area contributed by atoms with E-state index in [2.05, 4.69) is 0 Å². The summed E-state index contributed by atoms with van der Waals surface area (Å²) in [4.78, 5) is 0.571. The molecule has 1 aliphatic rings. The normalized spacial score (nSPS) is 27.7. The summed E-state index contributed by atoms with van der Waals surface area (Å²) in [5.74, 6) is -2.39. The van der Waals surface area contributed by atoms with E-state index in [-0.39, 0.29) is 11.5 Å². The molecule has 19 heavy (non-hydrogen) atoms. The molecule has 0 bridgehead atoms. The molecule has 1 aliphatic carbocycles. The van der Waals surface area contributed by atoms with Gasteiger partial charge in [-0.05, 0) is 43.4 Å². The van der Waals surface area contributed by atoms with Crippen molar-refractivity contribution < 1.29 is 13.9 Å². The van der Waals surface area contributed by atoms with Crippen LogP contribution in [0.3, 0.4) is 0 Å². The summed E-state index contributed by atoms with van der Waals surface area (Å²) in [5, 5.41) is 9.60. The van der Waals surface area contributed by atoms with Crippen LogP contribution in [-0.2, 0) is 5.41 Å². The van der Waals surface area contributed by atoms with Crippen molar-refractivity contribution in [2.24, 2.45) is 5.73 Å². The number of rotatable bonds is 4. The van der Waals surface area contributed by atoms with Crippen molar-refractivity contribution in [3.63, 3.8) is 0 Å². The molecule has 0 unspecified atom stereocenters. The van der Waals surface area contributed by atoms with Crippen LogP contribution in [0.4, 0.5) is 8.78 Å². The molecule has 1 fully saturated rings. The van der Waals surface area contributed by atoms with E-state index in [0.717, 1.165) is 31.2 Å². The Balaban J connectivity index is 2.15. The number of aliphatic hydroxyl groups excluding tert-OH is 1. The van der Waals surface area contributed by atoms with E-state index in [4.69, 9.17) is 5.73 Å². The summed E-state index contributed by atoms with van der Waals surface area (Å²) >= 11 is 0.556. The molecule has 0 aromatic heterocycles. The Morgan fingerprint density at radius 3 is 2.32 bits per heavy atom. The van der Waals surface area contributed by atoms with Gasteiger partial charge in [-0.25, -0.2) is 0 Å². The molecular formula is C14H19F2NOS. The Hall–Kier alpha value is -0.650. The van der Waals surface area contributed by atoms with Gasteiger partial charge in [0.1, 0.15) is 0 Å². The lowest BCUT2D eigenvalue weighted by molar-refractivity contribution is 0.0974. The van der Waals surface area contributed by atoms with Crippen molar-refractivity contribution in [2.75, 3.05) is 6.54 Å². The highest BCUT2D eigenvalue weighted by molar-refractivity contribution is 7.99. The molecule has 0 amide bonds. The highest BCUT2D eigenvalue weighted by atomic mass is 32.2. The molecule has 0 spiro atoms. The van der Waals surface area contributed by atoms with Gasteiger partial charge in [0.2, 0.25) is 0 Å². The number of benzene rings is 1. The Morgan fingerprint density at radius 2 is 1.84 bits per heavy atom. The lowest BCUT2D eigenvalue weighted by Gasteiger charge is -2.38. The highest BCUT2D eigenvalue weighted by Gasteiger charge is 2.35. The van der Waals surface area contributed by atoms with E-state index >= 15 is 0 Å². The number of thioether (sulfide) groups is 1. The lowest BCUT2D eigenvalue weighted by atomic mass is 9.69. The van der Waals surface area contributed by atoms with E-state index in [0.29, 0.717) is 23.2 Å². The first kappa shape index (κ1) is 14.8. The van der Waals surface area contributed by atoms with Crippen LogP contribution in [0.15, 0.2) is 29.2 Å². The molecule has 0 aliphatic heterocycles. The average Bonchev–Trinajstić information content (AvgIpc) is 2.40. The van der Waals surface area contributed by atoms with Gasteiger partial charge in [-0.2, -0.15) is 8.78 Å². The summed E-state index contributed by atoms with van der Waals surface area (Å²) < 4.78 is 24.6. The highest BCUT2D eigenvalue weighted by Crippen LogP contribution is 2.39. The van der Waals surface area contributed by atoms with E-state index < -0.39 is 5.76 Å². The number of hydrogen-bond donors (Lipinski definition) is 2. The van der Waals surface area contributed by atoms with Gasteiger partial charge in [-0.15, -0.1) is 0 Å². The molecular weight excluding hydrogens is 268 g/mol. The van der Waals surface area contributed by atoms with Crippen LogP contribution in [0, 0.1) is 0 Å². The maximum Gasteiger partial charge on any atom is 0.288 e. The van der Waals surface area contributed by atoms with Crippen LogP contribution in [0.25, 0.3) is 0 Å². The zero-order valence-electron chi connectivity index (χ0n) is 10.7. The van der Waals surface area contributed by atoms with Gasteiger partial charge in [0.15, 0.2) is 0 Å². The van der Waals surface area contributed by atoms with E-state index in [1.165, 1.54) is 0 Å². The summed E-state index contributed by atoms with van der Waals surface area (Å²) in [6.45, 7) is 0.529. The largest absolute Gasteiger partial charge is 0.393 e. The molecule has 1 saturated carbocycles. The van der Waals surface area contributed by atoms with Gasteiger partial charge < -0.3 is 10.8 Å². The first-order chi connectivity index (χ1) is 9.05. The second-order valence-corrected chi connectivity index (χ2v) is 6.18. The first-order valence-corrected chi connectivity index (χ1v) is 7.37. The fraction of sp³-hybridized carbons (Fsp3) is 0.571. The summed E-state index contributed by atoms with van der Waals surface area (Å²) in [6, 6.07) is 7.26. The monoisotopic (exact) mass is 287 g/mol. The van der Waals surface area contributed by atoms with Crippen LogP contribution < -0.4 is 5.73 Å². The van der Waals surface area contributed by atoms with Crippen LogP contribution in [0.2, 0.25) is 0 Å². The van der Waals surface area contributed by atoms with Crippen LogP contribution in [0.5, 0.6) is 0 Å². The quantitative estimate of drug-likeness (QED) is 0.836. The summed E-state index contributed by atoms with van der Waals surface area (Å²) in [7, 11) is 0. The Kier molecular flexibility index (Phi) is 4.81. The third-order valence-electron chi connectivity index (χ3n) is 3.99. The van der Waals surface area contributed by atoms with E-state index in [1.54, 1.807) is 12.1 Å². The fourth-order valence-electron chi connectivity index (χ4n) is 2.76. The minimum Gasteiger partial charge on any atom is -0.393 e. The number of alkyl halides is 2. The van der Waals surface area contributed by atoms with Gasteiger partial charge >= 0.3 is 0 Å². The molecule has 2 rings (SSSR count). The van der Waals surface area contributed by atoms with Crippen molar-refractivity contribution in [1.29, 1.82) is 0 Å². The standard InChI is InChI=1S/C14H19F2NOS/c15-13(16)19-12-3-1-10(2-4-12)14(9-17)7-5-11(18)6-8-14/h1-4,11,13,18H,5-9,17H2. The minimum atomic E-state index is -2.39. The number of nitrogens with two attached hydrogens (primary N) is 1. The van der Waals surface area contributed by atoms with Gasteiger partial charge in [0.05, 0.1) is 6.10 Å². The zero-order valence-corrected chi connectivity index (χ0v) is 11.5. The second-order valence-electron chi connectivity index (χ2n) is 5.12. The van der Waals surface area contributed by atoms with Crippen molar-refractivity contribution in [3.05, 3.63) is 29.8 Å². The second kappa shape index (κ2) is 6.20. The Bertz CT molecular complexity index is 402. The SMILES string of the molecule is NCC1(c2ccc(SC(F)F)cc2)CCC(O)CC1. The predicted molar refractivity (Wildman–Crippen MR) is 73.5 cm³/mol. The molecule has 2 nitrogen and oxygen atoms in total. The Morgan fingerprint density at radius 1 is 1.26 bits per heavy atom.